The fraction of sp³-hybridized carbons (Fsp3) is 0.455. The van der Waals surface area contributed by atoms with Gasteiger partial charge in [0, 0.05) is 6.61 Å². The van der Waals surface area contributed by atoms with E-state index in [9.17, 15) is 13.2 Å². The number of alkyl halides is 3. The number of benzene rings is 1. The molecule has 0 unspecified atom stereocenters. The third kappa shape index (κ3) is 2.96. The van der Waals surface area contributed by atoms with Crippen LogP contribution in [-0.2, 0) is 12.6 Å². The van der Waals surface area contributed by atoms with Crippen molar-refractivity contribution in [2.75, 3.05) is 6.61 Å². The molecule has 0 radical (unpaired) electrons. The lowest BCUT2D eigenvalue weighted by Crippen LogP contribution is -2.10. The minimum absolute atomic E-state index is 0.0916. The molecule has 4 heteroatoms. The van der Waals surface area contributed by atoms with Crippen molar-refractivity contribution in [2.45, 2.75) is 25.9 Å². The Bertz CT molecular complexity index is 331. The maximum absolute atomic E-state index is 12.6. The van der Waals surface area contributed by atoms with E-state index < -0.39 is 11.7 Å². The smallest absolute Gasteiger partial charge is 0.396 e. The Hall–Kier alpha value is -1.03. The van der Waals surface area contributed by atoms with Crippen LogP contribution in [0.1, 0.15) is 23.1 Å². The number of aliphatic hydroxyl groups is 1. The van der Waals surface area contributed by atoms with Crippen LogP contribution in [0, 0.1) is 6.92 Å². The molecule has 0 aromatic heterocycles. The van der Waals surface area contributed by atoms with Gasteiger partial charge < -0.3 is 5.11 Å². The normalized spacial score (nSPS) is 11.8. The van der Waals surface area contributed by atoms with E-state index in [1.165, 1.54) is 6.07 Å². The second-order valence-electron chi connectivity index (χ2n) is 3.43. The Morgan fingerprint density at radius 3 is 2.47 bits per heavy atom. The zero-order valence-electron chi connectivity index (χ0n) is 8.43. The number of halogens is 3. The highest BCUT2D eigenvalue weighted by Crippen LogP contribution is 2.33. The van der Waals surface area contributed by atoms with Gasteiger partial charge >= 0.3 is 6.18 Å². The first-order chi connectivity index (χ1) is 6.96. The number of aryl methyl sites for hydroxylation is 1. The maximum atomic E-state index is 12.6. The third-order valence-electron chi connectivity index (χ3n) is 2.30. The Kier molecular flexibility index (Phi) is 3.74. The van der Waals surface area contributed by atoms with Crippen LogP contribution in [0.3, 0.4) is 0 Å². The van der Waals surface area contributed by atoms with E-state index in [4.69, 9.17) is 5.11 Å². The molecule has 0 amide bonds. The molecular weight excluding hydrogens is 205 g/mol. The van der Waals surface area contributed by atoms with Crippen LogP contribution < -0.4 is 0 Å². The fourth-order valence-electron chi connectivity index (χ4n) is 1.56. The topological polar surface area (TPSA) is 20.2 Å². The first kappa shape index (κ1) is 12.0. The van der Waals surface area contributed by atoms with Crippen molar-refractivity contribution in [3.05, 3.63) is 34.9 Å². The molecule has 0 atom stereocenters. The second kappa shape index (κ2) is 4.66. The molecule has 1 aromatic rings. The molecule has 84 valence electrons. The first-order valence-corrected chi connectivity index (χ1v) is 4.73. The zero-order valence-corrected chi connectivity index (χ0v) is 8.43. The third-order valence-corrected chi connectivity index (χ3v) is 2.30. The number of aliphatic hydroxyl groups excluding tert-OH is 1. The van der Waals surface area contributed by atoms with Crippen molar-refractivity contribution in [2.24, 2.45) is 0 Å². The number of hydrogen-bond donors (Lipinski definition) is 1. The lowest BCUT2D eigenvalue weighted by Gasteiger charge is -2.14. The van der Waals surface area contributed by atoms with E-state index in [1.807, 2.05) is 0 Å². The largest absolute Gasteiger partial charge is 0.416 e. The average molecular weight is 218 g/mol. The van der Waals surface area contributed by atoms with Gasteiger partial charge in [-0.1, -0.05) is 12.1 Å². The van der Waals surface area contributed by atoms with Gasteiger partial charge in [-0.15, -0.1) is 0 Å². The summed E-state index contributed by atoms with van der Waals surface area (Å²) in [5, 5.41) is 8.63. The van der Waals surface area contributed by atoms with Crippen molar-refractivity contribution in [3.63, 3.8) is 0 Å². The van der Waals surface area contributed by atoms with Crippen LogP contribution in [0.5, 0.6) is 0 Å². The standard InChI is InChI=1S/C11H13F3O/c1-8-4-2-6-10(11(12,13)14)9(8)5-3-7-15/h2,4,6,15H,3,5,7H2,1H3. The molecule has 0 bridgehead atoms. The van der Waals surface area contributed by atoms with Gasteiger partial charge in [0.15, 0.2) is 0 Å². The summed E-state index contributed by atoms with van der Waals surface area (Å²) < 4.78 is 37.8. The van der Waals surface area contributed by atoms with Gasteiger partial charge in [-0.25, -0.2) is 0 Å². The predicted molar refractivity (Wildman–Crippen MR) is 51.6 cm³/mol. The van der Waals surface area contributed by atoms with Gasteiger partial charge in [-0.2, -0.15) is 13.2 Å². The minimum atomic E-state index is -4.31. The summed E-state index contributed by atoms with van der Waals surface area (Å²) in [6, 6.07) is 4.14. The lowest BCUT2D eigenvalue weighted by atomic mass is 9.97. The molecule has 0 saturated carbocycles. The van der Waals surface area contributed by atoms with Crippen LogP contribution in [0.25, 0.3) is 0 Å². The van der Waals surface area contributed by atoms with E-state index >= 15 is 0 Å². The predicted octanol–water partition coefficient (Wildman–Crippen LogP) is 2.94. The molecule has 0 fully saturated rings. The van der Waals surface area contributed by atoms with E-state index in [-0.39, 0.29) is 13.0 Å². The number of rotatable bonds is 3. The molecule has 0 spiro atoms. The Labute approximate surface area is 86.5 Å². The van der Waals surface area contributed by atoms with Crippen molar-refractivity contribution in [3.8, 4) is 0 Å². The first-order valence-electron chi connectivity index (χ1n) is 4.73. The summed E-state index contributed by atoms with van der Waals surface area (Å²) in [4.78, 5) is 0. The summed E-state index contributed by atoms with van der Waals surface area (Å²) in [6.45, 7) is 1.56. The van der Waals surface area contributed by atoms with Crippen LogP contribution in [-0.4, -0.2) is 11.7 Å². The highest BCUT2D eigenvalue weighted by molar-refractivity contribution is 5.36. The van der Waals surface area contributed by atoms with Crippen molar-refractivity contribution < 1.29 is 18.3 Å². The Balaban J connectivity index is 3.09. The van der Waals surface area contributed by atoms with Gasteiger partial charge in [0.2, 0.25) is 0 Å². The van der Waals surface area contributed by atoms with E-state index in [1.54, 1.807) is 13.0 Å². The van der Waals surface area contributed by atoms with Gasteiger partial charge in [-0.3, -0.25) is 0 Å². The second-order valence-corrected chi connectivity index (χ2v) is 3.43. The molecule has 0 aliphatic rings. The van der Waals surface area contributed by atoms with E-state index in [0.717, 1.165) is 6.07 Å². The summed E-state index contributed by atoms with van der Waals surface area (Å²) in [5.41, 5.74) is 0.327. The van der Waals surface area contributed by atoms with Gasteiger partial charge in [0.1, 0.15) is 0 Å². The summed E-state index contributed by atoms with van der Waals surface area (Å²) in [7, 11) is 0. The molecule has 15 heavy (non-hydrogen) atoms. The number of hydrogen-bond acceptors (Lipinski definition) is 1. The highest BCUT2D eigenvalue weighted by atomic mass is 19.4. The Morgan fingerprint density at radius 2 is 1.93 bits per heavy atom. The molecule has 1 N–H and O–H groups in total. The average Bonchev–Trinajstić information content (AvgIpc) is 2.14. The molecule has 0 saturated heterocycles. The minimum Gasteiger partial charge on any atom is -0.396 e. The summed E-state index contributed by atoms with van der Waals surface area (Å²) >= 11 is 0. The van der Waals surface area contributed by atoms with Gasteiger partial charge in [0.25, 0.3) is 0 Å². The van der Waals surface area contributed by atoms with Crippen LogP contribution in [0.4, 0.5) is 13.2 Å². The zero-order chi connectivity index (χ0) is 11.5. The molecular formula is C11H13F3O. The highest BCUT2D eigenvalue weighted by Gasteiger charge is 2.33. The van der Waals surface area contributed by atoms with Crippen LogP contribution in [0.2, 0.25) is 0 Å². The van der Waals surface area contributed by atoms with Crippen molar-refractivity contribution >= 4 is 0 Å². The van der Waals surface area contributed by atoms with Gasteiger partial charge in [-0.05, 0) is 37.0 Å². The van der Waals surface area contributed by atoms with Crippen molar-refractivity contribution in [1.29, 1.82) is 0 Å². The fourth-order valence-corrected chi connectivity index (χ4v) is 1.56. The lowest BCUT2D eigenvalue weighted by molar-refractivity contribution is -0.138. The van der Waals surface area contributed by atoms with Gasteiger partial charge in [0.05, 0.1) is 5.56 Å². The molecule has 0 aliphatic carbocycles. The summed E-state index contributed by atoms with van der Waals surface area (Å²) in [5.74, 6) is 0. The maximum Gasteiger partial charge on any atom is 0.416 e. The molecule has 1 nitrogen and oxygen atoms in total. The summed E-state index contributed by atoms with van der Waals surface area (Å²) in [6.07, 6.45) is -3.69. The van der Waals surface area contributed by atoms with E-state index in [0.29, 0.717) is 17.5 Å². The monoisotopic (exact) mass is 218 g/mol. The van der Waals surface area contributed by atoms with Crippen LogP contribution in [0.15, 0.2) is 18.2 Å². The molecule has 1 aromatic carbocycles. The molecule has 0 heterocycles. The quantitative estimate of drug-likeness (QED) is 0.827. The van der Waals surface area contributed by atoms with Crippen molar-refractivity contribution in [1.82, 2.24) is 0 Å². The Morgan fingerprint density at radius 1 is 1.27 bits per heavy atom. The SMILES string of the molecule is Cc1cccc(C(F)(F)F)c1CCCO. The van der Waals surface area contributed by atoms with E-state index in [2.05, 4.69) is 0 Å². The molecule has 1 rings (SSSR count). The van der Waals surface area contributed by atoms with Crippen LogP contribution >= 0.6 is 0 Å². The molecule has 0 aliphatic heterocycles.